The van der Waals surface area contributed by atoms with Gasteiger partial charge < -0.3 is 14.8 Å². The molecule has 12 heteroatoms. The van der Waals surface area contributed by atoms with Crippen LogP contribution in [0.2, 0.25) is 0 Å². The minimum absolute atomic E-state index is 0.0108. The van der Waals surface area contributed by atoms with Crippen molar-refractivity contribution in [3.8, 4) is 0 Å². The highest BCUT2D eigenvalue weighted by molar-refractivity contribution is 6.10. The zero-order valence-electron chi connectivity index (χ0n) is 20.6. The number of benzene rings is 2. The van der Waals surface area contributed by atoms with Crippen molar-refractivity contribution < 1.29 is 31.1 Å². The van der Waals surface area contributed by atoms with Crippen molar-refractivity contribution in [1.29, 1.82) is 0 Å². The van der Waals surface area contributed by atoms with Crippen molar-refractivity contribution in [2.45, 2.75) is 63.1 Å². The van der Waals surface area contributed by atoms with Gasteiger partial charge in [0.05, 0.1) is 12.1 Å². The summed E-state index contributed by atoms with van der Waals surface area (Å²) in [7, 11) is 1.31. The van der Waals surface area contributed by atoms with E-state index in [1.807, 2.05) is 6.92 Å². The maximum Gasteiger partial charge on any atom is 0.416 e. The Morgan fingerprint density at radius 1 is 1.13 bits per heavy atom. The number of aryl methyl sites for hydroxylation is 1. The van der Waals surface area contributed by atoms with Crippen molar-refractivity contribution in [2.75, 3.05) is 4.90 Å². The molecule has 0 spiro atoms. The third kappa shape index (κ3) is 4.34. The molecule has 6 nitrogen and oxygen atoms in total. The fourth-order valence-electron chi connectivity index (χ4n) is 5.10. The molecule has 1 aromatic heterocycles. The highest BCUT2D eigenvalue weighted by atomic mass is 19.4. The van der Waals surface area contributed by atoms with Gasteiger partial charge in [-0.3, -0.25) is 4.79 Å². The summed E-state index contributed by atoms with van der Waals surface area (Å²) in [5.41, 5.74) is -4.96. The maximum absolute atomic E-state index is 15.9. The third-order valence-corrected chi connectivity index (χ3v) is 7.50. The van der Waals surface area contributed by atoms with Crippen LogP contribution in [0.15, 0.2) is 42.7 Å². The van der Waals surface area contributed by atoms with Gasteiger partial charge in [-0.1, -0.05) is 12.1 Å². The molecule has 38 heavy (non-hydrogen) atoms. The zero-order valence-corrected chi connectivity index (χ0v) is 20.6. The number of nitrogens with one attached hydrogen (secondary N) is 1. The third-order valence-electron chi connectivity index (χ3n) is 7.50. The molecule has 1 saturated carbocycles. The second kappa shape index (κ2) is 9.11. The molecule has 1 unspecified atom stereocenters. The van der Waals surface area contributed by atoms with Crippen molar-refractivity contribution >= 4 is 11.6 Å². The van der Waals surface area contributed by atoms with Gasteiger partial charge in [0.15, 0.2) is 5.82 Å². The van der Waals surface area contributed by atoms with Gasteiger partial charge in [-0.05, 0) is 61.6 Å². The molecular weight excluding hydrogens is 512 g/mol. The molecule has 0 bridgehead atoms. The Kier molecular flexibility index (Phi) is 6.28. The van der Waals surface area contributed by atoms with Crippen molar-refractivity contribution in [3.63, 3.8) is 0 Å². The predicted octanol–water partition coefficient (Wildman–Crippen LogP) is 5.50. The molecule has 3 aromatic rings. The number of alkyl halides is 6. The molecule has 1 atom stereocenters. The van der Waals surface area contributed by atoms with E-state index in [0.717, 1.165) is 53.3 Å². The Balaban J connectivity index is 1.51. The second-order valence-corrected chi connectivity index (χ2v) is 10.2. The molecule has 1 aliphatic carbocycles. The number of nitrogens with zero attached hydrogens (tertiary/aromatic N) is 4. The lowest BCUT2D eigenvalue weighted by molar-refractivity contribution is -0.138. The molecule has 5 rings (SSSR count). The first-order chi connectivity index (χ1) is 17.8. The smallest absolute Gasteiger partial charge is 0.318 e. The second-order valence-electron chi connectivity index (χ2n) is 10.2. The number of fused-ring (bicyclic) bond motifs is 1. The van der Waals surface area contributed by atoms with E-state index in [4.69, 9.17) is 0 Å². The van der Waals surface area contributed by atoms with E-state index in [0.29, 0.717) is 5.56 Å². The molecule has 2 heterocycles. The first-order valence-corrected chi connectivity index (χ1v) is 12.1. The van der Waals surface area contributed by atoms with Crippen LogP contribution in [-0.2, 0) is 32.0 Å². The van der Waals surface area contributed by atoms with Gasteiger partial charge in [-0.25, -0.2) is 13.2 Å². The summed E-state index contributed by atoms with van der Waals surface area (Å²) in [6.45, 7) is 1.72. The fourth-order valence-corrected chi connectivity index (χ4v) is 5.10. The van der Waals surface area contributed by atoms with Crippen LogP contribution in [0, 0.1) is 0 Å². The summed E-state index contributed by atoms with van der Waals surface area (Å²) in [6, 6.07) is 7.26. The molecule has 2 aliphatic rings. The lowest BCUT2D eigenvalue weighted by Crippen LogP contribution is -2.47. The van der Waals surface area contributed by atoms with Crippen LogP contribution in [0.25, 0.3) is 0 Å². The van der Waals surface area contributed by atoms with Crippen LogP contribution in [0.4, 0.5) is 32.0 Å². The maximum atomic E-state index is 15.9. The number of hydrogen-bond acceptors (Lipinski definition) is 4. The normalized spacial score (nSPS) is 18.4. The lowest BCUT2D eigenvalue weighted by atomic mass is 9.78. The standard InChI is InChI=1S/C26H25F6N5O/c1-24(7-4-8-24)33-12-15-9-18-19(20(10-15)26(30,31)32)13-37(21(18)38)17-6-3-5-16(11-17)25(29,22(27)28)23-35-34-14-36(23)2/h3,5-6,9-11,14,22,33H,4,7-8,12-13H2,1-2H3. The van der Waals surface area contributed by atoms with E-state index < -0.39 is 47.7 Å². The fraction of sp³-hybridized carbons (Fsp3) is 0.423. The van der Waals surface area contributed by atoms with Crippen molar-refractivity contribution in [3.05, 3.63) is 76.4 Å². The monoisotopic (exact) mass is 537 g/mol. The number of carbonyl (C=O) groups is 1. The molecular formula is C26H25F6N5O. The van der Waals surface area contributed by atoms with Crippen LogP contribution < -0.4 is 10.2 Å². The molecule has 1 aliphatic heterocycles. The zero-order chi connectivity index (χ0) is 27.5. The molecule has 0 radical (unpaired) electrons. The number of hydrogen-bond donors (Lipinski definition) is 1. The number of aromatic nitrogens is 3. The number of halogens is 6. The van der Waals surface area contributed by atoms with Crippen LogP contribution in [0.1, 0.15) is 64.6 Å². The van der Waals surface area contributed by atoms with E-state index >= 15 is 4.39 Å². The largest absolute Gasteiger partial charge is 0.416 e. The number of anilines is 1. The van der Waals surface area contributed by atoms with Crippen LogP contribution >= 0.6 is 0 Å². The first kappa shape index (κ1) is 26.2. The number of rotatable bonds is 7. The van der Waals surface area contributed by atoms with Gasteiger partial charge in [0.25, 0.3) is 18.0 Å². The average Bonchev–Trinajstić information content (AvgIpc) is 3.43. The van der Waals surface area contributed by atoms with Gasteiger partial charge in [0.1, 0.15) is 6.33 Å². The summed E-state index contributed by atoms with van der Waals surface area (Å²) in [5, 5.41) is 10.3. The Morgan fingerprint density at radius 3 is 2.45 bits per heavy atom. The molecule has 1 fully saturated rings. The van der Waals surface area contributed by atoms with Gasteiger partial charge in [-0.2, -0.15) is 13.2 Å². The SMILES string of the molecule is Cn1cnnc1C(F)(c1cccc(N2Cc3c(cc(CNC4(C)CCC4)cc3C(F)(F)F)C2=O)c1)C(F)F. The van der Waals surface area contributed by atoms with E-state index in [9.17, 15) is 26.7 Å². The number of amides is 1. The van der Waals surface area contributed by atoms with Gasteiger partial charge in [0.2, 0.25) is 0 Å². The minimum atomic E-state index is -4.71. The Bertz CT molecular complexity index is 1380. The van der Waals surface area contributed by atoms with Crippen molar-refractivity contribution in [2.24, 2.45) is 7.05 Å². The Morgan fingerprint density at radius 2 is 1.87 bits per heavy atom. The summed E-state index contributed by atoms with van der Waals surface area (Å²) < 4.78 is 87.1. The van der Waals surface area contributed by atoms with Gasteiger partial charge in [0, 0.05) is 35.9 Å². The predicted molar refractivity (Wildman–Crippen MR) is 126 cm³/mol. The summed E-state index contributed by atoms with van der Waals surface area (Å²) in [6.07, 6.45) is -4.31. The Hall–Kier alpha value is -3.41. The average molecular weight is 538 g/mol. The summed E-state index contributed by atoms with van der Waals surface area (Å²) in [5.74, 6) is -1.36. The number of carbonyl (C=O) groups excluding carboxylic acids is 1. The van der Waals surface area contributed by atoms with Gasteiger partial charge >= 0.3 is 6.18 Å². The van der Waals surface area contributed by atoms with Gasteiger partial charge in [-0.15, -0.1) is 10.2 Å². The molecule has 2 aromatic carbocycles. The van der Waals surface area contributed by atoms with Crippen LogP contribution in [0.5, 0.6) is 0 Å². The van der Waals surface area contributed by atoms with Crippen LogP contribution in [-0.4, -0.2) is 32.6 Å². The quantitative estimate of drug-likeness (QED) is 0.404. The summed E-state index contributed by atoms with van der Waals surface area (Å²) in [4.78, 5) is 14.4. The molecule has 1 amide bonds. The minimum Gasteiger partial charge on any atom is -0.318 e. The highest BCUT2D eigenvalue weighted by Crippen LogP contribution is 2.43. The summed E-state index contributed by atoms with van der Waals surface area (Å²) >= 11 is 0. The van der Waals surface area contributed by atoms with Crippen molar-refractivity contribution in [1.82, 2.24) is 20.1 Å². The van der Waals surface area contributed by atoms with E-state index in [-0.39, 0.29) is 28.9 Å². The highest BCUT2D eigenvalue weighted by Gasteiger charge is 2.49. The van der Waals surface area contributed by atoms with E-state index in [1.165, 1.54) is 25.2 Å². The lowest BCUT2D eigenvalue weighted by Gasteiger charge is -2.39. The molecule has 1 N–H and O–H groups in total. The van der Waals surface area contributed by atoms with E-state index in [1.54, 1.807) is 0 Å². The Labute approximate surface area is 214 Å². The molecule has 202 valence electrons. The first-order valence-electron chi connectivity index (χ1n) is 12.1. The van der Waals surface area contributed by atoms with Crippen LogP contribution in [0.3, 0.4) is 0 Å². The topological polar surface area (TPSA) is 63.1 Å². The molecule has 0 saturated heterocycles. The van der Waals surface area contributed by atoms with E-state index in [2.05, 4.69) is 15.5 Å².